The fourth-order valence-electron chi connectivity index (χ4n) is 11.0. The van der Waals surface area contributed by atoms with Gasteiger partial charge in [-0.05, 0) is 150 Å². The molecule has 1 heterocycles. The maximum atomic E-state index is 3.36. The maximum absolute atomic E-state index is 3.36. The molecule has 2 heteroatoms. The van der Waals surface area contributed by atoms with Crippen LogP contribution in [0.1, 0.15) is 25.0 Å². The summed E-state index contributed by atoms with van der Waals surface area (Å²) in [6.45, 7) is 11.4. The van der Waals surface area contributed by atoms with Gasteiger partial charge in [-0.1, -0.05) is 221 Å². The molecule has 348 valence electrons. The van der Waals surface area contributed by atoms with Gasteiger partial charge in [0.1, 0.15) is 0 Å². The molecule has 0 saturated heterocycles. The van der Waals surface area contributed by atoms with E-state index in [0.717, 1.165) is 22.7 Å². The van der Waals surface area contributed by atoms with Crippen LogP contribution in [0.5, 0.6) is 0 Å². The quantitative estimate of drug-likeness (QED) is 0.131. The van der Waals surface area contributed by atoms with E-state index in [1.807, 2.05) is 0 Å². The van der Waals surface area contributed by atoms with Crippen LogP contribution in [0.25, 0.3) is 93.9 Å². The summed E-state index contributed by atoms with van der Waals surface area (Å²) >= 11 is 0. The van der Waals surface area contributed by atoms with Crippen LogP contribution in [0.2, 0.25) is 0 Å². The van der Waals surface area contributed by atoms with Crippen molar-refractivity contribution in [3.8, 4) is 61.3 Å². The minimum Gasteiger partial charge on any atom is -0.310 e. The lowest BCUT2D eigenvalue weighted by Crippen LogP contribution is -2.16. The lowest BCUT2D eigenvalue weighted by atomic mass is 9.82. The van der Waals surface area contributed by atoms with E-state index >= 15 is 0 Å². The smallest absolute Gasteiger partial charge is 0.0541 e. The molecule has 0 saturated carbocycles. The Kier molecular flexibility index (Phi) is 11.6. The highest BCUT2D eigenvalue weighted by Crippen LogP contribution is 2.51. The zero-order valence-electron chi connectivity index (χ0n) is 41.2. The van der Waals surface area contributed by atoms with E-state index in [4.69, 9.17) is 0 Å². The third-order valence-corrected chi connectivity index (χ3v) is 14.7. The Morgan fingerprint density at radius 2 is 0.863 bits per heavy atom. The van der Waals surface area contributed by atoms with Crippen LogP contribution >= 0.6 is 0 Å². The van der Waals surface area contributed by atoms with Crippen molar-refractivity contribution < 1.29 is 0 Å². The van der Waals surface area contributed by atoms with E-state index in [1.54, 1.807) is 12.2 Å². The Labute approximate surface area is 428 Å². The fourth-order valence-corrected chi connectivity index (χ4v) is 11.0. The molecule has 2 nitrogen and oxygen atoms in total. The monoisotopic (exact) mass is 934 g/mol. The molecule has 1 aromatic heterocycles. The molecule has 11 aromatic carbocycles. The van der Waals surface area contributed by atoms with Gasteiger partial charge in [-0.15, -0.1) is 0 Å². The van der Waals surface area contributed by atoms with Gasteiger partial charge in [0.15, 0.2) is 0 Å². The van der Waals surface area contributed by atoms with Crippen molar-refractivity contribution in [1.29, 1.82) is 0 Å². The normalized spacial score (nSPS) is 12.2. The van der Waals surface area contributed by atoms with E-state index in [0.29, 0.717) is 0 Å². The van der Waals surface area contributed by atoms with Crippen LogP contribution in [-0.4, -0.2) is 4.57 Å². The van der Waals surface area contributed by atoms with Crippen molar-refractivity contribution in [1.82, 2.24) is 4.57 Å². The number of benzene rings is 11. The number of rotatable bonds is 9. The second kappa shape index (κ2) is 18.8. The Morgan fingerprint density at radius 1 is 0.342 bits per heavy atom. The van der Waals surface area contributed by atoms with Crippen molar-refractivity contribution in [2.75, 3.05) is 4.90 Å². The average molecular weight is 935 g/mol. The number of hydrogen-bond donors (Lipinski definition) is 0. The highest BCUT2D eigenvalue weighted by molar-refractivity contribution is 6.10. The molecule has 0 unspecified atom stereocenters. The number of anilines is 3. The third kappa shape index (κ3) is 8.23. The first-order valence-corrected chi connectivity index (χ1v) is 25.1. The summed E-state index contributed by atoms with van der Waals surface area (Å²) in [6, 6.07) is 93.7. The molecule has 0 radical (unpaired) electrons. The van der Waals surface area contributed by atoms with Crippen molar-refractivity contribution in [3.63, 3.8) is 0 Å². The SMILES string of the molecule is C=CC=C.CC1(C)c2ccccc2-c2ccc(N(c3cccc(-c4ccc(-c5ccc6c(c5)c5ccccc5n6-c5cc(-c6ccccc6)cc(-c6ccccc6)c5)cc4)c3)c3ccc4ccccc4c3)cc21. The van der Waals surface area contributed by atoms with Gasteiger partial charge in [0.05, 0.1) is 11.0 Å². The van der Waals surface area contributed by atoms with E-state index < -0.39 is 0 Å². The van der Waals surface area contributed by atoms with E-state index in [2.05, 4.69) is 291 Å². The predicted molar refractivity (Wildman–Crippen MR) is 313 cm³/mol. The Morgan fingerprint density at radius 3 is 1.58 bits per heavy atom. The third-order valence-electron chi connectivity index (χ3n) is 14.7. The first-order valence-electron chi connectivity index (χ1n) is 25.1. The van der Waals surface area contributed by atoms with Gasteiger partial charge in [0, 0.05) is 38.9 Å². The van der Waals surface area contributed by atoms with Gasteiger partial charge in [-0.2, -0.15) is 0 Å². The van der Waals surface area contributed by atoms with Gasteiger partial charge < -0.3 is 9.47 Å². The standard InChI is InChI=1S/C67H48N2.C4H6/c1-67(2)63-26-13-11-24-59(63)60-36-35-57(44-64(60)67)68(56-34-32-47-20-9-10-21-50(47)40-56)55-23-15-22-51(39-55)48-28-30-49(31-29-48)52-33-37-66-62(43-52)61-25-12-14-27-65(61)69(66)58-41-53(45-16-5-3-6-17-45)38-54(42-58)46-18-7-4-8-19-46;1-3-4-2/h3-44H,1-2H3;3-4H,1-2H2. The van der Waals surface area contributed by atoms with Crippen LogP contribution in [0.4, 0.5) is 17.1 Å². The van der Waals surface area contributed by atoms with Crippen molar-refractivity contribution in [3.05, 3.63) is 291 Å². The van der Waals surface area contributed by atoms with Crippen LogP contribution in [0.15, 0.2) is 280 Å². The molecule has 0 N–H and O–H groups in total. The molecule has 12 aromatic rings. The second-order valence-corrected chi connectivity index (χ2v) is 19.5. The predicted octanol–water partition coefficient (Wildman–Crippen LogP) is 19.7. The molecule has 0 aliphatic heterocycles. The van der Waals surface area contributed by atoms with Gasteiger partial charge in [0.25, 0.3) is 0 Å². The summed E-state index contributed by atoms with van der Waals surface area (Å²) in [7, 11) is 0. The number of allylic oxidation sites excluding steroid dienone is 2. The summed E-state index contributed by atoms with van der Waals surface area (Å²) < 4.78 is 2.44. The van der Waals surface area contributed by atoms with E-state index in [1.165, 1.54) is 99.3 Å². The van der Waals surface area contributed by atoms with Crippen LogP contribution in [0, 0.1) is 0 Å². The van der Waals surface area contributed by atoms with Gasteiger partial charge >= 0.3 is 0 Å². The summed E-state index contributed by atoms with van der Waals surface area (Å²) in [6.07, 6.45) is 3.28. The minimum atomic E-state index is -0.108. The molecule has 73 heavy (non-hydrogen) atoms. The van der Waals surface area contributed by atoms with Crippen molar-refractivity contribution in [2.24, 2.45) is 0 Å². The molecule has 13 rings (SSSR count). The maximum Gasteiger partial charge on any atom is 0.0541 e. The molecule has 0 atom stereocenters. The first kappa shape index (κ1) is 44.9. The molecule has 0 spiro atoms. The fraction of sp³-hybridized carbons (Fsp3) is 0.0423. The highest BCUT2D eigenvalue weighted by Gasteiger charge is 2.35. The van der Waals surface area contributed by atoms with Crippen molar-refractivity contribution >= 4 is 49.6 Å². The number of hydrogen-bond acceptors (Lipinski definition) is 1. The number of aromatic nitrogens is 1. The first-order chi connectivity index (χ1) is 35.9. The molecule has 1 aliphatic rings. The van der Waals surface area contributed by atoms with E-state index in [9.17, 15) is 0 Å². The van der Waals surface area contributed by atoms with Crippen LogP contribution < -0.4 is 4.90 Å². The molecular weight excluding hydrogens is 881 g/mol. The van der Waals surface area contributed by atoms with Crippen molar-refractivity contribution in [2.45, 2.75) is 19.3 Å². The minimum absolute atomic E-state index is 0.108. The largest absolute Gasteiger partial charge is 0.310 e. The Bertz CT molecular complexity index is 3960. The summed E-state index contributed by atoms with van der Waals surface area (Å²) in [4.78, 5) is 2.43. The molecule has 0 amide bonds. The van der Waals surface area contributed by atoms with Gasteiger partial charge in [0.2, 0.25) is 0 Å². The number of para-hydroxylation sites is 1. The highest BCUT2D eigenvalue weighted by atomic mass is 15.1. The van der Waals surface area contributed by atoms with Crippen LogP contribution in [-0.2, 0) is 5.41 Å². The van der Waals surface area contributed by atoms with Gasteiger partial charge in [-0.3, -0.25) is 0 Å². The summed E-state index contributed by atoms with van der Waals surface area (Å²) in [5.74, 6) is 0. The molecule has 1 aliphatic carbocycles. The lowest BCUT2D eigenvalue weighted by molar-refractivity contribution is 0.660. The lowest BCUT2D eigenvalue weighted by Gasteiger charge is -2.28. The summed E-state index contributed by atoms with van der Waals surface area (Å²) in [5.41, 5.74) is 21.7. The molecular formula is C71H54N2. The number of nitrogens with zero attached hydrogens (tertiary/aromatic N) is 2. The van der Waals surface area contributed by atoms with Gasteiger partial charge in [-0.25, -0.2) is 0 Å². The molecule has 0 bridgehead atoms. The average Bonchev–Trinajstić information content (AvgIpc) is 3.91. The zero-order valence-corrected chi connectivity index (χ0v) is 41.2. The van der Waals surface area contributed by atoms with E-state index in [-0.39, 0.29) is 5.41 Å². The summed E-state index contributed by atoms with van der Waals surface area (Å²) in [5, 5.41) is 4.93. The zero-order chi connectivity index (χ0) is 49.5. The number of fused-ring (bicyclic) bond motifs is 7. The Balaban J connectivity index is 0.00000131. The molecule has 0 fully saturated rings. The Hall–Kier alpha value is -9.24. The van der Waals surface area contributed by atoms with Crippen LogP contribution in [0.3, 0.4) is 0 Å². The second-order valence-electron chi connectivity index (χ2n) is 19.5. The topological polar surface area (TPSA) is 8.17 Å².